The van der Waals surface area contributed by atoms with Gasteiger partial charge in [-0.25, -0.2) is 9.67 Å². The number of alkyl halides is 8. The number of aliphatic imine (C=N–C) groups is 1. The number of carbonyl (C=O) groups is 1. The fourth-order valence-electron chi connectivity index (χ4n) is 2.98. The van der Waals surface area contributed by atoms with E-state index in [9.17, 15) is 39.9 Å². The number of rotatable bonds is 8. The van der Waals surface area contributed by atoms with Crippen LogP contribution in [-0.4, -0.2) is 46.0 Å². The molecule has 37 heavy (non-hydrogen) atoms. The molecular formula is C21H18ClF8N5OS. The molecule has 0 spiro atoms. The average molecular weight is 576 g/mol. The van der Waals surface area contributed by atoms with Crippen molar-refractivity contribution < 1.29 is 39.9 Å². The molecule has 1 aromatic carbocycles. The van der Waals surface area contributed by atoms with Crippen LogP contribution < -0.4 is 11.1 Å². The molecule has 1 aliphatic rings. The summed E-state index contributed by atoms with van der Waals surface area (Å²) in [6, 6.07) is 4.20. The number of halogens is 9. The summed E-state index contributed by atoms with van der Waals surface area (Å²) in [5.74, 6) is -8.45. The van der Waals surface area contributed by atoms with Gasteiger partial charge in [-0.3, -0.25) is 4.79 Å². The summed E-state index contributed by atoms with van der Waals surface area (Å²) in [6.07, 6.45) is -7.42. The predicted octanol–water partition coefficient (Wildman–Crippen LogP) is 5.98. The van der Waals surface area contributed by atoms with Crippen LogP contribution >= 0.6 is 23.4 Å². The number of hydrogen-bond acceptors (Lipinski definition) is 5. The maximum Gasteiger partial charge on any atom is 0.459 e. The normalized spacial score (nSPS) is 15.5. The Balaban J connectivity index is 2.01. The first-order valence-electron chi connectivity index (χ1n) is 10.3. The molecule has 1 fully saturated rings. The lowest BCUT2D eigenvalue weighted by Crippen LogP contribution is -2.34. The van der Waals surface area contributed by atoms with E-state index < -0.39 is 46.3 Å². The van der Waals surface area contributed by atoms with Gasteiger partial charge in [0, 0.05) is 31.1 Å². The summed E-state index contributed by atoms with van der Waals surface area (Å²) in [4.78, 5) is 15.2. The van der Waals surface area contributed by atoms with Crippen molar-refractivity contribution in [3.63, 3.8) is 0 Å². The lowest BCUT2D eigenvalue weighted by Gasteiger charge is -2.18. The number of thioether (sulfide) groups is 1. The van der Waals surface area contributed by atoms with Crippen molar-refractivity contribution in [1.29, 1.82) is 0 Å². The van der Waals surface area contributed by atoms with E-state index in [0.717, 1.165) is 32.3 Å². The lowest BCUT2D eigenvalue weighted by atomic mass is 10.0. The van der Waals surface area contributed by atoms with Gasteiger partial charge in [-0.2, -0.15) is 40.2 Å². The van der Waals surface area contributed by atoms with Crippen LogP contribution in [0.2, 0.25) is 5.02 Å². The highest BCUT2D eigenvalue weighted by atomic mass is 35.5. The Morgan fingerprint density at radius 3 is 2.43 bits per heavy atom. The summed E-state index contributed by atoms with van der Waals surface area (Å²) in [5, 5.41) is 6.00. The van der Waals surface area contributed by atoms with Gasteiger partial charge in [0.2, 0.25) is 0 Å². The summed E-state index contributed by atoms with van der Waals surface area (Å²) in [7, 11) is 0.953. The summed E-state index contributed by atoms with van der Waals surface area (Å²) < 4.78 is 106. The Hall–Kier alpha value is -2.81. The van der Waals surface area contributed by atoms with Crippen molar-refractivity contribution in [2.75, 3.05) is 5.75 Å². The van der Waals surface area contributed by atoms with Crippen molar-refractivity contribution in [3.05, 3.63) is 46.2 Å². The van der Waals surface area contributed by atoms with Gasteiger partial charge in [0.1, 0.15) is 0 Å². The van der Waals surface area contributed by atoms with Crippen molar-refractivity contribution >= 4 is 46.9 Å². The first kappa shape index (κ1) is 28.8. The fraction of sp³-hybridized carbons (Fsp3) is 0.381. The molecule has 1 aromatic heterocycles. The number of hydrogen-bond donors (Lipinski definition) is 2. The van der Waals surface area contributed by atoms with Crippen molar-refractivity contribution in [3.8, 4) is 0 Å². The Bertz CT molecular complexity index is 1230. The van der Waals surface area contributed by atoms with Gasteiger partial charge in [0.05, 0.1) is 21.2 Å². The van der Waals surface area contributed by atoms with Gasteiger partial charge in [-0.15, -0.1) is 11.8 Å². The van der Waals surface area contributed by atoms with Gasteiger partial charge < -0.3 is 11.1 Å². The third-order valence-electron chi connectivity index (χ3n) is 4.97. The van der Waals surface area contributed by atoms with E-state index in [1.165, 1.54) is 18.2 Å². The molecule has 0 radical (unpaired) electrons. The van der Waals surface area contributed by atoms with Crippen LogP contribution in [0.15, 0.2) is 34.3 Å². The van der Waals surface area contributed by atoms with E-state index in [4.69, 9.17) is 17.3 Å². The Morgan fingerprint density at radius 1 is 1.24 bits per heavy atom. The molecular weight excluding hydrogens is 558 g/mol. The number of aryl methyl sites for hydroxylation is 1. The topological polar surface area (TPSA) is 85.3 Å². The third-order valence-corrected chi connectivity index (χ3v) is 6.44. The number of nitrogens with one attached hydrogen (secondary N) is 1. The first-order chi connectivity index (χ1) is 17.0. The molecule has 0 atom stereocenters. The molecule has 1 saturated carbocycles. The van der Waals surface area contributed by atoms with Crippen LogP contribution in [0, 0.1) is 0 Å². The van der Waals surface area contributed by atoms with Crippen LogP contribution in [0.4, 0.5) is 40.9 Å². The zero-order valence-electron chi connectivity index (χ0n) is 18.7. The lowest BCUT2D eigenvalue weighted by molar-refractivity contribution is -0.292. The molecule has 3 rings (SSSR count). The minimum Gasteiger partial charge on any atom is -0.404 e. The minimum atomic E-state index is -6.11. The summed E-state index contributed by atoms with van der Waals surface area (Å²) >= 11 is 5.79. The second-order valence-corrected chi connectivity index (χ2v) is 9.32. The van der Waals surface area contributed by atoms with Crippen LogP contribution in [0.25, 0.3) is 5.57 Å². The van der Waals surface area contributed by atoms with Gasteiger partial charge in [-0.1, -0.05) is 17.7 Å². The highest BCUT2D eigenvalue weighted by Crippen LogP contribution is 2.49. The zero-order valence-corrected chi connectivity index (χ0v) is 20.3. The van der Waals surface area contributed by atoms with E-state index in [1.54, 1.807) is 0 Å². The molecule has 0 unspecified atom stereocenters. The number of aromatic nitrogens is 2. The largest absolute Gasteiger partial charge is 0.459 e. The van der Waals surface area contributed by atoms with E-state index in [-0.39, 0.29) is 39.5 Å². The summed E-state index contributed by atoms with van der Waals surface area (Å²) in [5.41, 5.74) is 4.13. The second kappa shape index (κ2) is 10.5. The van der Waals surface area contributed by atoms with Crippen LogP contribution in [0.5, 0.6) is 0 Å². The second-order valence-electron chi connectivity index (χ2n) is 7.92. The van der Waals surface area contributed by atoms with Crippen molar-refractivity contribution in [2.24, 2.45) is 17.8 Å². The molecule has 6 nitrogen and oxygen atoms in total. The van der Waals surface area contributed by atoms with Gasteiger partial charge >= 0.3 is 18.3 Å². The molecule has 0 saturated heterocycles. The van der Waals surface area contributed by atoms with E-state index >= 15 is 0 Å². The van der Waals surface area contributed by atoms with Gasteiger partial charge in [0.25, 0.3) is 5.91 Å². The number of benzene rings is 1. The SMILES string of the molecule is Cn1nc(C(F)(F)C(F)(F)F)c(SCC(F)(F)F)c1N=CC(=CN)c1ccc(Cl)c(C(=O)NC2CC2)c1. The third kappa shape index (κ3) is 6.74. The van der Waals surface area contributed by atoms with Gasteiger partial charge in [-0.05, 0) is 30.5 Å². The Kier molecular flexibility index (Phi) is 8.17. The molecule has 0 bridgehead atoms. The highest BCUT2D eigenvalue weighted by Gasteiger charge is 2.62. The van der Waals surface area contributed by atoms with Crippen molar-refractivity contribution in [2.45, 2.75) is 42.1 Å². The maximum absolute atomic E-state index is 14.1. The van der Waals surface area contributed by atoms with Crippen LogP contribution in [0.1, 0.15) is 34.5 Å². The number of nitrogens with two attached hydrogens (primary N) is 1. The molecule has 1 aliphatic carbocycles. The number of carbonyl (C=O) groups excluding carboxylic acids is 1. The van der Waals surface area contributed by atoms with Gasteiger partial charge in [0.15, 0.2) is 11.5 Å². The number of allylic oxidation sites excluding steroid dienone is 1. The van der Waals surface area contributed by atoms with E-state index in [0.29, 0.717) is 4.68 Å². The smallest absolute Gasteiger partial charge is 0.404 e. The van der Waals surface area contributed by atoms with Crippen LogP contribution in [-0.2, 0) is 13.0 Å². The van der Waals surface area contributed by atoms with Crippen LogP contribution in [0.3, 0.4) is 0 Å². The molecule has 202 valence electrons. The van der Waals surface area contributed by atoms with E-state index in [1.807, 2.05) is 0 Å². The molecule has 1 amide bonds. The summed E-state index contributed by atoms with van der Waals surface area (Å²) in [6.45, 7) is 0. The number of nitrogens with zero attached hydrogens (tertiary/aromatic N) is 3. The monoisotopic (exact) mass is 575 g/mol. The Morgan fingerprint density at radius 2 is 1.89 bits per heavy atom. The molecule has 1 heterocycles. The molecule has 16 heteroatoms. The molecule has 3 N–H and O–H groups in total. The zero-order chi connectivity index (χ0) is 27.8. The quantitative estimate of drug-likeness (QED) is 0.231. The maximum atomic E-state index is 14.1. The predicted molar refractivity (Wildman–Crippen MR) is 122 cm³/mol. The highest BCUT2D eigenvalue weighted by molar-refractivity contribution is 7.99. The van der Waals surface area contributed by atoms with E-state index in [2.05, 4.69) is 15.4 Å². The first-order valence-corrected chi connectivity index (χ1v) is 11.7. The standard InChI is InChI=1S/C21H18ClF8N5OS/c1-35-17(15(37-9-19(23,24)25)16(34-35)20(26,27)21(28,29)30)32-8-11(7-31)10-2-5-14(22)13(6-10)18(36)33-12-3-4-12/h2,5-8,12H,3-4,9,31H2,1H3,(H,33,36). The number of amides is 1. The molecule has 0 aliphatic heterocycles. The van der Waals surface area contributed by atoms with Crippen molar-refractivity contribution in [1.82, 2.24) is 15.1 Å². The fourth-order valence-corrected chi connectivity index (χ4v) is 4.11. The minimum absolute atomic E-state index is 0.0276. The molecule has 2 aromatic rings. The Labute approximate surface area is 213 Å². The average Bonchev–Trinajstić information content (AvgIpc) is 3.53.